The lowest BCUT2D eigenvalue weighted by Gasteiger charge is -2.08. The van der Waals surface area contributed by atoms with Gasteiger partial charge in [0.05, 0.1) is 0 Å². The number of rotatable bonds is 4. The van der Waals surface area contributed by atoms with Crippen LogP contribution in [0.25, 0.3) is 0 Å². The third-order valence-electron chi connectivity index (χ3n) is 1.21. The molecule has 0 aliphatic heterocycles. The molecular formula is C5H11Cl2PS2. The van der Waals surface area contributed by atoms with Crippen molar-refractivity contribution in [2.45, 2.75) is 20.3 Å². The van der Waals surface area contributed by atoms with Crippen molar-refractivity contribution < 1.29 is 0 Å². The van der Waals surface area contributed by atoms with Crippen LogP contribution < -0.4 is 0 Å². The maximum atomic E-state index is 5.69. The van der Waals surface area contributed by atoms with E-state index in [-0.39, 0.29) is 0 Å². The number of hydrogen-bond acceptors (Lipinski definition) is 2. The van der Waals surface area contributed by atoms with E-state index >= 15 is 0 Å². The molecule has 62 valence electrons. The monoisotopic (exact) mass is 236 g/mol. The van der Waals surface area contributed by atoms with E-state index in [0.717, 1.165) is 12.2 Å². The molecule has 0 rings (SSSR count). The van der Waals surface area contributed by atoms with E-state index < -0.39 is 3.95 Å². The summed E-state index contributed by atoms with van der Waals surface area (Å²) in [6.45, 7) is 4.32. The summed E-state index contributed by atoms with van der Waals surface area (Å²) in [5, 5.41) is 0. The molecule has 5 heteroatoms. The molecule has 1 unspecified atom stereocenters. The molecule has 0 aliphatic rings. The molecular weight excluding hydrogens is 226 g/mol. The molecule has 0 heterocycles. The average molecular weight is 237 g/mol. The van der Waals surface area contributed by atoms with Crippen LogP contribution in [-0.2, 0) is 11.8 Å². The van der Waals surface area contributed by atoms with Gasteiger partial charge in [-0.15, -0.1) is 0 Å². The molecule has 0 saturated heterocycles. The highest BCUT2D eigenvalue weighted by molar-refractivity contribution is 8.85. The third-order valence-corrected chi connectivity index (χ3v) is 6.28. The molecule has 10 heavy (non-hydrogen) atoms. The second kappa shape index (κ2) is 5.27. The van der Waals surface area contributed by atoms with Gasteiger partial charge in [0.25, 0.3) is 0 Å². The minimum atomic E-state index is -2.04. The number of hydrogen-bond donors (Lipinski definition) is 0. The standard InChI is InChI=1S/C5H11Cl2PS2/c1-3-5(2)4-10-8(6,7)9/h5H,3-4H2,1-2H3. The Balaban J connectivity index is 3.46. The smallest absolute Gasteiger partial charge is 0.0945 e. The zero-order chi connectivity index (χ0) is 8.20. The van der Waals surface area contributed by atoms with Crippen LogP contribution in [-0.4, -0.2) is 5.75 Å². The highest BCUT2D eigenvalue weighted by Gasteiger charge is 2.10. The van der Waals surface area contributed by atoms with E-state index in [9.17, 15) is 0 Å². The molecule has 0 bridgehead atoms. The van der Waals surface area contributed by atoms with Gasteiger partial charge in [-0.2, -0.15) is 0 Å². The van der Waals surface area contributed by atoms with Crippen molar-refractivity contribution in [1.29, 1.82) is 0 Å². The first-order valence-corrected chi connectivity index (χ1v) is 9.30. The van der Waals surface area contributed by atoms with Crippen molar-refractivity contribution in [2.24, 2.45) is 5.92 Å². The average Bonchev–Trinajstić information content (AvgIpc) is 1.81. The van der Waals surface area contributed by atoms with Crippen molar-refractivity contribution in [3.05, 3.63) is 0 Å². The minimum Gasteiger partial charge on any atom is -0.0945 e. The molecule has 0 aromatic rings. The largest absolute Gasteiger partial charge is 0.171 e. The fraction of sp³-hybridized carbons (Fsp3) is 1.00. The number of halogens is 2. The molecule has 0 nitrogen and oxygen atoms in total. The van der Waals surface area contributed by atoms with Gasteiger partial charge in [-0.1, -0.05) is 65.9 Å². The van der Waals surface area contributed by atoms with Crippen LogP contribution in [0.15, 0.2) is 0 Å². The van der Waals surface area contributed by atoms with E-state index in [1.54, 1.807) is 0 Å². The third kappa shape index (κ3) is 7.68. The van der Waals surface area contributed by atoms with Gasteiger partial charge in [-0.3, -0.25) is 0 Å². The van der Waals surface area contributed by atoms with Crippen molar-refractivity contribution in [3.63, 3.8) is 0 Å². The normalized spacial score (nSPS) is 15.2. The lowest BCUT2D eigenvalue weighted by molar-refractivity contribution is 0.638. The van der Waals surface area contributed by atoms with E-state index in [2.05, 4.69) is 13.8 Å². The Bertz CT molecular complexity index is 134. The van der Waals surface area contributed by atoms with Crippen LogP contribution in [0.5, 0.6) is 0 Å². The molecule has 0 fully saturated rings. The second-order valence-electron chi connectivity index (χ2n) is 2.22. The Morgan fingerprint density at radius 3 is 2.40 bits per heavy atom. The summed E-state index contributed by atoms with van der Waals surface area (Å²) in [6, 6.07) is 0. The maximum Gasteiger partial charge on any atom is 0.171 e. The summed E-state index contributed by atoms with van der Waals surface area (Å²) in [4.78, 5) is 0. The van der Waals surface area contributed by atoms with Crippen LogP contribution in [0.4, 0.5) is 0 Å². The highest BCUT2D eigenvalue weighted by atomic mass is 35.9. The lowest BCUT2D eigenvalue weighted by Crippen LogP contribution is -1.93. The molecule has 0 spiro atoms. The minimum absolute atomic E-state index is 0.671. The fourth-order valence-corrected chi connectivity index (χ4v) is 3.84. The predicted molar refractivity (Wildman–Crippen MR) is 57.9 cm³/mol. The van der Waals surface area contributed by atoms with Gasteiger partial charge in [-0.25, -0.2) is 0 Å². The van der Waals surface area contributed by atoms with Gasteiger partial charge in [0.15, 0.2) is 3.95 Å². The summed E-state index contributed by atoms with van der Waals surface area (Å²) in [6.07, 6.45) is 1.16. The second-order valence-corrected chi connectivity index (χ2v) is 14.4. The molecule has 0 N–H and O–H groups in total. The molecule has 0 aromatic heterocycles. The van der Waals surface area contributed by atoms with Gasteiger partial charge < -0.3 is 0 Å². The summed E-state index contributed by atoms with van der Waals surface area (Å²) >= 11 is 17.8. The fourth-order valence-electron chi connectivity index (χ4n) is 0.332. The topological polar surface area (TPSA) is 0 Å². The Hall–Kier alpha value is 1.58. The zero-order valence-corrected chi connectivity index (χ0v) is 10.1. The summed E-state index contributed by atoms with van der Waals surface area (Å²) in [5.74, 6) is 1.66. The van der Waals surface area contributed by atoms with E-state index in [4.69, 9.17) is 34.3 Å². The molecule has 0 radical (unpaired) electrons. The predicted octanol–water partition coefficient (Wildman–Crippen LogP) is 4.47. The van der Waals surface area contributed by atoms with E-state index in [0.29, 0.717) is 5.92 Å². The molecule has 0 amide bonds. The van der Waals surface area contributed by atoms with Gasteiger partial charge in [0.2, 0.25) is 0 Å². The molecule has 0 aromatic carbocycles. The van der Waals surface area contributed by atoms with Crippen LogP contribution >= 0.6 is 37.8 Å². The Labute approximate surface area is 81.4 Å². The van der Waals surface area contributed by atoms with Gasteiger partial charge in [-0.05, 0) is 5.92 Å². The van der Waals surface area contributed by atoms with Crippen molar-refractivity contribution in [1.82, 2.24) is 0 Å². The maximum absolute atomic E-state index is 5.69. The van der Waals surface area contributed by atoms with Crippen LogP contribution in [0.1, 0.15) is 20.3 Å². The van der Waals surface area contributed by atoms with Crippen LogP contribution in [0, 0.1) is 5.92 Å². The van der Waals surface area contributed by atoms with Gasteiger partial charge in [0, 0.05) is 5.75 Å². The first-order valence-electron chi connectivity index (χ1n) is 3.09. The Morgan fingerprint density at radius 1 is 1.60 bits per heavy atom. The van der Waals surface area contributed by atoms with Gasteiger partial charge >= 0.3 is 0 Å². The van der Waals surface area contributed by atoms with Crippen LogP contribution in [0.2, 0.25) is 0 Å². The Morgan fingerprint density at radius 2 is 2.10 bits per heavy atom. The zero-order valence-electron chi connectivity index (χ0n) is 6.01. The van der Waals surface area contributed by atoms with Crippen LogP contribution in [0.3, 0.4) is 0 Å². The Kier molecular flexibility index (Phi) is 6.10. The van der Waals surface area contributed by atoms with E-state index in [1.807, 2.05) is 0 Å². The summed E-state index contributed by atoms with van der Waals surface area (Å²) < 4.78 is -2.04. The molecule has 0 saturated carbocycles. The summed E-state index contributed by atoms with van der Waals surface area (Å²) in [5.41, 5.74) is 0. The van der Waals surface area contributed by atoms with E-state index in [1.165, 1.54) is 11.4 Å². The summed E-state index contributed by atoms with van der Waals surface area (Å²) in [7, 11) is 0. The quantitative estimate of drug-likeness (QED) is 0.661. The SMILES string of the molecule is CCC(C)CSP(=S)(Cl)Cl. The van der Waals surface area contributed by atoms with Gasteiger partial charge in [0.1, 0.15) is 0 Å². The lowest BCUT2D eigenvalue weighted by atomic mass is 10.2. The first-order chi connectivity index (χ1) is 4.45. The highest BCUT2D eigenvalue weighted by Crippen LogP contribution is 2.68. The van der Waals surface area contributed by atoms with Crippen molar-refractivity contribution in [2.75, 3.05) is 5.75 Å². The molecule has 1 atom stereocenters. The van der Waals surface area contributed by atoms with Crippen molar-refractivity contribution in [3.8, 4) is 0 Å². The molecule has 0 aliphatic carbocycles. The van der Waals surface area contributed by atoms with Crippen molar-refractivity contribution >= 4 is 49.6 Å². The first kappa shape index (κ1) is 11.6.